The molecule has 1 fully saturated rings. The standard InChI is InChI=1S/C19H34N2O4/c1-13-7-9-15(10-8-13)11-16(17(22)20-12-14(2)24-6)21-18(23)25-19(3,4)5/h13,15-16H,2,7-12H2,1,3-6H3,(H,20,22)(H,21,23)/t13?,15?,16-/m1/s1. The zero-order chi connectivity index (χ0) is 19.0. The molecule has 0 aromatic carbocycles. The van der Waals surface area contributed by atoms with E-state index < -0.39 is 17.7 Å². The number of amides is 2. The Kier molecular flexibility index (Phi) is 8.26. The van der Waals surface area contributed by atoms with Crippen LogP contribution in [-0.4, -0.2) is 37.3 Å². The molecule has 0 radical (unpaired) electrons. The lowest BCUT2D eigenvalue weighted by atomic mass is 9.80. The maximum atomic E-state index is 12.5. The van der Waals surface area contributed by atoms with Crippen LogP contribution in [0.15, 0.2) is 12.3 Å². The summed E-state index contributed by atoms with van der Waals surface area (Å²) >= 11 is 0. The molecule has 1 atom stereocenters. The lowest BCUT2D eigenvalue weighted by molar-refractivity contribution is -0.123. The van der Waals surface area contributed by atoms with Gasteiger partial charge in [0.05, 0.1) is 13.7 Å². The SMILES string of the molecule is C=C(CNC(=O)[C@@H](CC1CCC(C)CC1)NC(=O)OC(C)(C)C)OC. The molecule has 0 spiro atoms. The smallest absolute Gasteiger partial charge is 0.408 e. The van der Waals surface area contributed by atoms with E-state index in [0.717, 1.165) is 18.8 Å². The first kappa shape index (κ1) is 21.3. The van der Waals surface area contributed by atoms with Crippen molar-refractivity contribution in [2.75, 3.05) is 13.7 Å². The molecule has 0 unspecified atom stereocenters. The van der Waals surface area contributed by atoms with Gasteiger partial charge >= 0.3 is 6.09 Å². The predicted octanol–water partition coefficient (Wildman–Crippen LogP) is 3.37. The number of hydrogen-bond donors (Lipinski definition) is 2. The van der Waals surface area contributed by atoms with Crippen molar-refractivity contribution in [2.24, 2.45) is 11.8 Å². The summed E-state index contributed by atoms with van der Waals surface area (Å²) in [5.41, 5.74) is -0.601. The van der Waals surface area contributed by atoms with Crippen LogP contribution in [0.5, 0.6) is 0 Å². The molecule has 2 N–H and O–H groups in total. The fourth-order valence-corrected chi connectivity index (χ4v) is 2.96. The van der Waals surface area contributed by atoms with Gasteiger partial charge in [-0.1, -0.05) is 39.2 Å². The molecular weight excluding hydrogens is 320 g/mol. The Labute approximate surface area is 151 Å². The summed E-state index contributed by atoms with van der Waals surface area (Å²) < 4.78 is 10.3. The van der Waals surface area contributed by atoms with Gasteiger partial charge in [-0.05, 0) is 39.0 Å². The summed E-state index contributed by atoms with van der Waals surface area (Å²) in [4.78, 5) is 24.6. The van der Waals surface area contributed by atoms with Crippen LogP contribution in [0.1, 0.15) is 59.8 Å². The molecule has 1 aliphatic carbocycles. The molecule has 25 heavy (non-hydrogen) atoms. The van der Waals surface area contributed by atoms with Crippen molar-refractivity contribution in [2.45, 2.75) is 71.4 Å². The van der Waals surface area contributed by atoms with Crippen LogP contribution in [0.4, 0.5) is 4.79 Å². The Hall–Kier alpha value is -1.72. The third kappa shape index (κ3) is 8.79. The summed E-state index contributed by atoms with van der Waals surface area (Å²) in [5, 5.41) is 5.50. The number of nitrogens with one attached hydrogen (secondary N) is 2. The van der Waals surface area contributed by atoms with E-state index >= 15 is 0 Å². The Morgan fingerprint density at radius 1 is 1.20 bits per heavy atom. The molecule has 0 aliphatic heterocycles. The van der Waals surface area contributed by atoms with Gasteiger partial charge in [0.1, 0.15) is 17.4 Å². The number of ether oxygens (including phenoxy) is 2. The van der Waals surface area contributed by atoms with Crippen LogP contribution in [0, 0.1) is 11.8 Å². The van der Waals surface area contributed by atoms with Crippen molar-refractivity contribution < 1.29 is 19.1 Å². The molecule has 2 amide bonds. The van der Waals surface area contributed by atoms with Gasteiger partial charge in [0, 0.05) is 0 Å². The number of hydrogen-bond acceptors (Lipinski definition) is 4. The highest BCUT2D eigenvalue weighted by Crippen LogP contribution is 2.31. The first-order valence-corrected chi connectivity index (χ1v) is 9.09. The summed E-state index contributed by atoms with van der Waals surface area (Å²) in [6.07, 6.45) is 4.58. The van der Waals surface area contributed by atoms with E-state index in [0.29, 0.717) is 18.1 Å². The zero-order valence-electron chi connectivity index (χ0n) is 16.3. The highest BCUT2D eigenvalue weighted by molar-refractivity contribution is 5.85. The van der Waals surface area contributed by atoms with E-state index in [1.165, 1.54) is 20.0 Å². The minimum atomic E-state index is -0.613. The first-order valence-electron chi connectivity index (χ1n) is 9.09. The Morgan fingerprint density at radius 2 is 1.80 bits per heavy atom. The molecule has 1 aliphatic rings. The fraction of sp³-hybridized carbons (Fsp3) is 0.789. The number of carbonyl (C=O) groups is 2. The monoisotopic (exact) mass is 354 g/mol. The lowest BCUT2D eigenvalue weighted by Gasteiger charge is -2.30. The van der Waals surface area contributed by atoms with Crippen molar-refractivity contribution >= 4 is 12.0 Å². The van der Waals surface area contributed by atoms with Gasteiger partial charge in [-0.2, -0.15) is 0 Å². The quantitative estimate of drug-likeness (QED) is 0.687. The Balaban J connectivity index is 2.66. The highest BCUT2D eigenvalue weighted by atomic mass is 16.6. The summed E-state index contributed by atoms with van der Waals surface area (Å²) in [5.74, 6) is 1.42. The van der Waals surface area contributed by atoms with E-state index in [1.54, 1.807) is 20.8 Å². The van der Waals surface area contributed by atoms with Gasteiger partial charge in [0.25, 0.3) is 0 Å². The molecule has 0 bridgehead atoms. The molecule has 6 heteroatoms. The van der Waals surface area contributed by atoms with Crippen LogP contribution in [0.3, 0.4) is 0 Å². The molecule has 6 nitrogen and oxygen atoms in total. The first-order chi connectivity index (χ1) is 11.6. The van der Waals surface area contributed by atoms with Crippen LogP contribution in [-0.2, 0) is 14.3 Å². The highest BCUT2D eigenvalue weighted by Gasteiger charge is 2.28. The normalized spacial score (nSPS) is 21.8. The van der Waals surface area contributed by atoms with Crippen LogP contribution in [0.25, 0.3) is 0 Å². The van der Waals surface area contributed by atoms with E-state index in [-0.39, 0.29) is 12.5 Å². The van der Waals surface area contributed by atoms with Gasteiger partial charge in [-0.15, -0.1) is 0 Å². The third-order valence-electron chi connectivity index (χ3n) is 4.46. The molecule has 0 aromatic heterocycles. The second-order valence-electron chi connectivity index (χ2n) is 8.02. The minimum absolute atomic E-state index is 0.226. The van der Waals surface area contributed by atoms with Crippen LogP contribution in [0.2, 0.25) is 0 Å². The second-order valence-corrected chi connectivity index (χ2v) is 8.02. The number of alkyl carbamates (subject to hydrolysis) is 1. The fourth-order valence-electron chi connectivity index (χ4n) is 2.96. The zero-order valence-corrected chi connectivity index (χ0v) is 16.3. The lowest BCUT2D eigenvalue weighted by Crippen LogP contribution is -2.49. The van der Waals surface area contributed by atoms with Crippen LogP contribution < -0.4 is 10.6 Å². The maximum Gasteiger partial charge on any atom is 0.408 e. The maximum absolute atomic E-state index is 12.5. The van der Waals surface area contributed by atoms with Gasteiger partial charge in [-0.25, -0.2) is 4.79 Å². The summed E-state index contributed by atoms with van der Waals surface area (Å²) in [6, 6.07) is -0.613. The molecule has 0 aromatic rings. The van der Waals surface area contributed by atoms with E-state index in [9.17, 15) is 9.59 Å². The summed E-state index contributed by atoms with van der Waals surface area (Å²) in [6.45, 7) is 11.6. The van der Waals surface area contributed by atoms with E-state index in [2.05, 4.69) is 24.1 Å². The largest absolute Gasteiger partial charge is 0.500 e. The van der Waals surface area contributed by atoms with Gasteiger partial charge < -0.3 is 20.1 Å². The Bertz CT molecular complexity index is 463. The van der Waals surface area contributed by atoms with Crippen molar-refractivity contribution in [3.05, 3.63) is 12.3 Å². The van der Waals surface area contributed by atoms with E-state index in [1.807, 2.05) is 0 Å². The van der Waals surface area contributed by atoms with Gasteiger partial charge in [0.2, 0.25) is 5.91 Å². The third-order valence-corrected chi connectivity index (χ3v) is 4.46. The molecule has 144 valence electrons. The number of rotatable bonds is 7. The summed E-state index contributed by atoms with van der Waals surface area (Å²) in [7, 11) is 1.51. The predicted molar refractivity (Wildman–Crippen MR) is 98.1 cm³/mol. The average Bonchev–Trinajstić information content (AvgIpc) is 2.51. The van der Waals surface area contributed by atoms with Crippen molar-refractivity contribution in [3.8, 4) is 0 Å². The molecule has 0 heterocycles. The van der Waals surface area contributed by atoms with Gasteiger partial charge in [0.15, 0.2) is 0 Å². The van der Waals surface area contributed by atoms with E-state index in [4.69, 9.17) is 9.47 Å². The van der Waals surface area contributed by atoms with Crippen molar-refractivity contribution in [1.82, 2.24) is 10.6 Å². The molecular formula is C19H34N2O4. The van der Waals surface area contributed by atoms with Crippen molar-refractivity contribution in [1.29, 1.82) is 0 Å². The average molecular weight is 354 g/mol. The van der Waals surface area contributed by atoms with Crippen LogP contribution >= 0.6 is 0 Å². The topological polar surface area (TPSA) is 76.7 Å². The Morgan fingerprint density at radius 3 is 2.32 bits per heavy atom. The molecule has 1 saturated carbocycles. The molecule has 0 saturated heterocycles. The number of carbonyl (C=O) groups excluding carboxylic acids is 2. The molecule has 1 rings (SSSR count). The van der Waals surface area contributed by atoms with Gasteiger partial charge in [-0.3, -0.25) is 4.79 Å². The second kappa shape index (κ2) is 9.68. The van der Waals surface area contributed by atoms with Crippen molar-refractivity contribution in [3.63, 3.8) is 0 Å². The minimum Gasteiger partial charge on any atom is -0.500 e. The number of methoxy groups -OCH3 is 1.